The third-order valence-electron chi connectivity index (χ3n) is 4.74. The van der Waals surface area contributed by atoms with Crippen molar-refractivity contribution in [1.82, 2.24) is 14.9 Å². The van der Waals surface area contributed by atoms with Crippen LogP contribution in [0.25, 0.3) is 10.2 Å². The number of hydrogen-bond donors (Lipinski definition) is 1. The van der Waals surface area contributed by atoms with Gasteiger partial charge in [0.2, 0.25) is 5.28 Å². The van der Waals surface area contributed by atoms with Crippen LogP contribution in [0.2, 0.25) is 5.28 Å². The van der Waals surface area contributed by atoms with Gasteiger partial charge in [0.1, 0.15) is 10.6 Å². The summed E-state index contributed by atoms with van der Waals surface area (Å²) >= 11 is 7.82. The van der Waals surface area contributed by atoms with E-state index in [-0.39, 0.29) is 0 Å². The molecular formula is C15H19ClN4S. The van der Waals surface area contributed by atoms with Crippen LogP contribution in [-0.2, 0) is 6.42 Å². The minimum absolute atomic E-state index is 0.343. The number of aryl methyl sites for hydroxylation is 1. The van der Waals surface area contributed by atoms with Gasteiger partial charge in [-0.15, -0.1) is 11.3 Å². The third kappa shape index (κ3) is 2.51. The highest BCUT2D eigenvalue weighted by Crippen LogP contribution is 2.34. The number of rotatable bonds is 3. The lowest BCUT2D eigenvalue weighted by Gasteiger charge is -2.45. The van der Waals surface area contributed by atoms with E-state index < -0.39 is 0 Å². The van der Waals surface area contributed by atoms with E-state index >= 15 is 0 Å². The van der Waals surface area contributed by atoms with E-state index in [9.17, 15) is 0 Å². The van der Waals surface area contributed by atoms with Crippen LogP contribution in [0.3, 0.4) is 0 Å². The predicted octanol–water partition coefficient (Wildman–Crippen LogP) is 3.41. The quantitative estimate of drug-likeness (QED) is 0.879. The average Bonchev–Trinajstić information content (AvgIpc) is 2.91. The summed E-state index contributed by atoms with van der Waals surface area (Å²) in [4.78, 5) is 13.7. The van der Waals surface area contributed by atoms with Gasteiger partial charge in [0.15, 0.2) is 0 Å². The van der Waals surface area contributed by atoms with E-state index in [0.29, 0.717) is 11.3 Å². The summed E-state index contributed by atoms with van der Waals surface area (Å²) in [6.07, 6.45) is 3.62. The first-order valence-corrected chi connectivity index (χ1v) is 8.87. The van der Waals surface area contributed by atoms with Crippen molar-refractivity contribution in [3.8, 4) is 0 Å². The van der Waals surface area contributed by atoms with Gasteiger partial charge in [0.25, 0.3) is 0 Å². The molecule has 0 aromatic carbocycles. The molecule has 0 saturated carbocycles. The highest BCUT2D eigenvalue weighted by molar-refractivity contribution is 7.18. The molecule has 5 heterocycles. The molecule has 0 amide bonds. The van der Waals surface area contributed by atoms with Crippen molar-refractivity contribution in [2.75, 3.05) is 25.0 Å². The van der Waals surface area contributed by atoms with Crippen molar-refractivity contribution < 1.29 is 0 Å². The Bertz CT molecular complexity index is 663. The molecule has 3 fully saturated rings. The number of piperidine rings is 3. The Hall–Kier alpha value is -0.910. The van der Waals surface area contributed by atoms with Crippen LogP contribution in [0.4, 0.5) is 5.82 Å². The predicted molar refractivity (Wildman–Crippen MR) is 88.4 cm³/mol. The zero-order valence-electron chi connectivity index (χ0n) is 12.1. The lowest BCUT2D eigenvalue weighted by molar-refractivity contribution is 0.0974. The van der Waals surface area contributed by atoms with Crippen molar-refractivity contribution in [1.29, 1.82) is 0 Å². The third-order valence-corrected chi connectivity index (χ3v) is 6.09. The number of anilines is 1. The SMILES string of the molecule is CCc1cc2c(NC3CN4CCC3CC4)nc(Cl)nc2s1. The normalized spacial score (nSPS) is 28.2. The molecule has 2 aromatic rings. The second-order valence-corrected chi connectivity index (χ2v) is 7.47. The fraction of sp³-hybridized carbons (Fsp3) is 0.600. The molecule has 21 heavy (non-hydrogen) atoms. The molecule has 3 aliphatic heterocycles. The Kier molecular flexibility index (Phi) is 3.52. The van der Waals surface area contributed by atoms with Crippen LogP contribution in [-0.4, -0.2) is 40.5 Å². The highest BCUT2D eigenvalue weighted by Gasteiger charge is 2.34. The molecule has 1 unspecified atom stereocenters. The molecule has 0 radical (unpaired) electrons. The minimum atomic E-state index is 0.343. The Morgan fingerprint density at radius 1 is 1.38 bits per heavy atom. The van der Waals surface area contributed by atoms with E-state index in [1.165, 1.54) is 30.8 Å². The standard InChI is InChI=1S/C15H19ClN4S/c1-2-10-7-11-13(18-15(16)19-14(11)21-10)17-12-8-20-5-3-9(12)4-6-20/h7,9,12H,2-6,8H2,1H3,(H,17,18,19). The van der Waals surface area contributed by atoms with Crippen LogP contribution >= 0.6 is 22.9 Å². The largest absolute Gasteiger partial charge is 0.365 e. The molecular weight excluding hydrogens is 304 g/mol. The fourth-order valence-electron chi connectivity index (χ4n) is 3.53. The molecule has 4 nitrogen and oxygen atoms in total. The van der Waals surface area contributed by atoms with Crippen molar-refractivity contribution in [3.63, 3.8) is 0 Å². The van der Waals surface area contributed by atoms with E-state index in [4.69, 9.17) is 11.6 Å². The molecule has 0 aliphatic carbocycles. The molecule has 6 heteroatoms. The Labute approximate surface area is 133 Å². The second kappa shape index (κ2) is 5.38. The van der Waals surface area contributed by atoms with Gasteiger partial charge in [-0.1, -0.05) is 6.92 Å². The maximum atomic E-state index is 6.11. The maximum Gasteiger partial charge on any atom is 0.225 e. The number of fused-ring (bicyclic) bond motifs is 4. The summed E-state index contributed by atoms with van der Waals surface area (Å²) in [7, 11) is 0. The molecule has 2 bridgehead atoms. The summed E-state index contributed by atoms with van der Waals surface area (Å²) < 4.78 is 0. The van der Waals surface area contributed by atoms with Crippen molar-refractivity contribution in [2.24, 2.45) is 5.92 Å². The second-order valence-electron chi connectivity index (χ2n) is 6.02. The average molecular weight is 323 g/mol. The van der Waals surface area contributed by atoms with Gasteiger partial charge in [0.05, 0.1) is 5.39 Å². The number of hydrogen-bond acceptors (Lipinski definition) is 5. The van der Waals surface area contributed by atoms with Gasteiger partial charge in [-0.25, -0.2) is 9.97 Å². The zero-order valence-corrected chi connectivity index (χ0v) is 13.7. The fourth-order valence-corrected chi connectivity index (χ4v) is 4.72. The van der Waals surface area contributed by atoms with Crippen LogP contribution in [0.1, 0.15) is 24.6 Å². The monoisotopic (exact) mass is 322 g/mol. The Balaban J connectivity index is 1.67. The number of halogens is 1. The van der Waals surface area contributed by atoms with E-state index in [1.807, 2.05) is 0 Å². The van der Waals surface area contributed by atoms with Gasteiger partial charge in [-0.2, -0.15) is 0 Å². The maximum absolute atomic E-state index is 6.11. The van der Waals surface area contributed by atoms with Crippen molar-refractivity contribution in [3.05, 3.63) is 16.2 Å². The summed E-state index contributed by atoms with van der Waals surface area (Å²) in [5.74, 6) is 1.68. The summed E-state index contributed by atoms with van der Waals surface area (Å²) in [5.41, 5.74) is 0. The van der Waals surface area contributed by atoms with Crippen LogP contribution in [0.5, 0.6) is 0 Å². The summed E-state index contributed by atoms with van der Waals surface area (Å²) in [6, 6.07) is 2.70. The summed E-state index contributed by atoms with van der Waals surface area (Å²) in [6.45, 7) is 5.79. The first-order valence-electron chi connectivity index (χ1n) is 7.68. The lowest BCUT2D eigenvalue weighted by atomic mass is 9.84. The molecule has 3 saturated heterocycles. The van der Waals surface area contributed by atoms with Crippen molar-refractivity contribution in [2.45, 2.75) is 32.2 Å². The Morgan fingerprint density at radius 2 is 2.19 bits per heavy atom. The Morgan fingerprint density at radius 3 is 2.86 bits per heavy atom. The minimum Gasteiger partial charge on any atom is -0.365 e. The lowest BCUT2D eigenvalue weighted by Crippen LogP contribution is -2.53. The van der Waals surface area contributed by atoms with Gasteiger partial charge in [0, 0.05) is 17.5 Å². The first-order chi connectivity index (χ1) is 10.2. The topological polar surface area (TPSA) is 41.0 Å². The van der Waals surface area contributed by atoms with Crippen LogP contribution < -0.4 is 5.32 Å². The smallest absolute Gasteiger partial charge is 0.225 e. The van der Waals surface area contributed by atoms with Gasteiger partial charge < -0.3 is 10.2 Å². The van der Waals surface area contributed by atoms with E-state index in [1.54, 1.807) is 11.3 Å². The van der Waals surface area contributed by atoms with Crippen LogP contribution in [0.15, 0.2) is 6.07 Å². The molecule has 2 aromatic heterocycles. The summed E-state index contributed by atoms with van der Waals surface area (Å²) in [5, 5.41) is 5.13. The van der Waals surface area contributed by atoms with Crippen molar-refractivity contribution >= 4 is 39.0 Å². The van der Waals surface area contributed by atoms with Gasteiger partial charge >= 0.3 is 0 Å². The number of thiophene rings is 1. The molecule has 112 valence electrons. The molecule has 0 spiro atoms. The molecule has 3 aliphatic rings. The highest BCUT2D eigenvalue weighted by atomic mass is 35.5. The number of aromatic nitrogens is 2. The molecule has 1 N–H and O–H groups in total. The number of nitrogens with zero attached hydrogens (tertiary/aromatic N) is 3. The molecule has 5 rings (SSSR count). The van der Waals surface area contributed by atoms with Gasteiger partial charge in [-0.3, -0.25) is 0 Å². The number of nitrogens with one attached hydrogen (secondary N) is 1. The van der Waals surface area contributed by atoms with E-state index in [0.717, 1.165) is 34.9 Å². The van der Waals surface area contributed by atoms with Gasteiger partial charge in [-0.05, 0) is 55.9 Å². The van der Waals surface area contributed by atoms with E-state index in [2.05, 4.69) is 33.2 Å². The first kappa shape index (κ1) is 13.7. The molecule has 1 atom stereocenters. The van der Waals surface area contributed by atoms with Crippen LogP contribution in [0, 0.1) is 5.92 Å². The zero-order chi connectivity index (χ0) is 14.4.